The summed E-state index contributed by atoms with van der Waals surface area (Å²) in [4.78, 5) is 13.1. The minimum absolute atomic E-state index is 0.00773. The van der Waals surface area contributed by atoms with Gasteiger partial charge in [-0.3, -0.25) is 9.48 Å². The van der Waals surface area contributed by atoms with Crippen molar-refractivity contribution in [1.82, 2.24) is 14.5 Å². The number of amides is 1. The van der Waals surface area contributed by atoms with Gasteiger partial charge in [-0.2, -0.15) is 5.10 Å². The molecule has 7 nitrogen and oxygen atoms in total. The first-order chi connectivity index (χ1) is 17.4. The number of sulfonamides is 1. The van der Waals surface area contributed by atoms with Crippen molar-refractivity contribution in [2.24, 2.45) is 0 Å². The van der Waals surface area contributed by atoms with Gasteiger partial charge in [-0.25, -0.2) is 13.1 Å². The second-order valence-electron chi connectivity index (χ2n) is 8.23. The van der Waals surface area contributed by atoms with E-state index in [1.54, 1.807) is 6.07 Å². The number of aryl methyl sites for hydroxylation is 2. The zero-order chi connectivity index (χ0) is 26.8. The summed E-state index contributed by atoms with van der Waals surface area (Å²) in [5, 5.41) is 4.39. The number of carbonyl (C=O) groups excluding carboxylic acids is 1. The molecule has 3 aromatic carbocycles. The number of rotatable bonds is 7. The first kappa shape index (κ1) is 26.0. The summed E-state index contributed by atoms with van der Waals surface area (Å²) in [6.07, 6.45) is -4.94. The fourth-order valence-electron chi connectivity index (χ4n) is 3.82. The zero-order valence-corrected chi connectivity index (χ0v) is 20.6. The highest BCUT2D eigenvalue weighted by Crippen LogP contribution is 2.33. The molecular formula is C26H22F3N3O4S. The minimum Gasteiger partial charge on any atom is -0.405 e. The van der Waals surface area contributed by atoms with Crippen LogP contribution in [0, 0.1) is 13.8 Å². The SMILES string of the molecule is Cc1cccc(C)c1Cn1nc(-c2ccccc2OC(F)(F)F)cc1C(=O)NS(=O)(=O)c1ccccc1. The molecule has 4 rings (SSSR count). The molecule has 0 unspecified atom stereocenters. The van der Waals surface area contributed by atoms with Gasteiger partial charge in [0.2, 0.25) is 0 Å². The van der Waals surface area contributed by atoms with Gasteiger partial charge < -0.3 is 4.74 Å². The Morgan fingerprint density at radius 2 is 1.57 bits per heavy atom. The molecule has 192 valence electrons. The summed E-state index contributed by atoms with van der Waals surface area (Å²) in [7, 11) is -4.22. The summed E-state index contributed by atoms with van der Waals surface area (Å²) in [5.41, 5.74) is 2.48. The molecule has 37 heavy (non-hydrogen) atoms. The predicted molar refractivity (Wildman–Crippen MR) is 130 cm³/mol. The summed E-state index contributed by atoms with van der Waals surface area (Å²) in [6.45, 7) is 3.83. The fraction of sp³-hybridized carbons (Fsp3) is 0.154. The average Bonchev–Trinajstić information content (AvgIpc) is 3.25. The Balaban J connectivity index is 1.79. The van der Waals surface area contributed by atoms with Gasteiger partial charge in [0.05, 0.1) is 17.1 Å². The van der Waals surface area contributed by atoms with Crippen LogP contribution in [0.15, 0.2) is 83.8 Å². The van der Waals surface area contributed by atoms with Crippen LogP contribution in [0.25, 0.3) is 11.3 Å². The lowest BCUT2D eigenvalue weighted by Gasteiger charge is -2.13. The molecule has 0 atom stereocenters. The molecule has 0 aliphatic rings. The van der Waals surface area contributed by atoms with E-state index in [1.165, 1.54) is 53.2 Å². The number of aromatic nitrogens is 2. The van der Waals surface area contributed by atoms with Gasteiger partial charge in [-0.15, -0.1) is 13.2 Å². The molecule has 1 N–H and O–H groups in total. The van der Waals surface area contributed by atoms with E-state index in [-0.39, 0.29) is 28.4 Å². The maximum absolute atomic E-state index is 13.2. The van der Waals surface area contributed by atoms with Gasteiger partial charge in [-0.05, 0) is 60.9 Å². The summed E-state index contributed by atoms with van der Waals surface area (Å²) in [5.74, 6) is -1.49. The summed E-state index contributed by atoms with van der Waals surface area (Å²) in [6, 6.07) is 19.6. The number of alkyl halides is 3. The van der Waals surface area contributed by atoms with Gasteiger partial charge in [-0.1, -0.05) is 48.5 Å². The Morgan fingerprint density at radius 1 is 0.946 bits per heavy atom. The third kappa shape index (κ3) is 6.00. The van der Waals surface area contributed by atoms with E-state index < -0.39 is 28.0 Å². The molecule has 4 aromatic rings. The third-order valence-corrected chi connectivity index (χ3v) is 6.98. The van der Waals surface area contributed by atoms with E-state index in [2.05, 4.69) is 9.84 Å². The Hall–Kier alpha value is -4.12. The highest BCUT2D eigenvalue weighted by Gasteiger charge is 2.33. The van der Waals surface area contributed by atoms with E-state index in [4.69, 9.17) is 0 Å². The molecule has 1 heterocycles. The van der Waals surface area contributed by atoms with Crippen LogP contribution < -0.4 is 9.46 Å². The highest BCUT2D eigenvalue weighted by molar-refractivity contribution is 7.90. The number of ether oxygens (including phenoxy) is 1. The number of benzene rings is 3. The first-order valence-electron chi connectivity index (χ1n) is 11.0. The van der Waals surface area contributed by atoms with Crippen LogP contribution in [0.2, 0.25) is 0 Å². The van der Waals surface area contributed by atoms with Crippen molar-refractivity contribution in [3.63, 3.8) is 0 Å². The third-order valence-electron chi connectivity index (χ3n) is 5.63. The van der Waals surface area contributed by atoms with Crippen molar-refractivity contribution < 1.29 is 31.1 Å². The molecule has 0 aliphatic heterocycles. The zero-order valence-electron chi connectivity index (χ0n) is 19.8. The van der Waals surface area contributed by atoms with Crippen LogP contribution in [0.3, 0.4) is 0 Å². The number of nitrogens with one attached hydrogen (secondary N) is 1. The molecule has 0 saturated carbocycles. The minimum atomic E-state index is -4.94. The lowest BCUT2D eigenvalue weighted by molar-refractivity contribution is -0.274. The highest BCUT2D eigenvalue weighted by atomic mass is 32.2. The number of carbonyl (C=O) groups is 1. The molecule has 0 saturated heterocycles. The molecule has 0 bridgehead atoms. The maximum atomic E-state index is 13.2. The van der Waals surface area contributed by atoms with Crippen LogP contribution in [0.4, 0.5) is 13.2 Å². The molecule has 11 heteroatoms. The van der Waals surface area contributed by atoms with Crippen LogP contribution in [-0.2, 0) is 16.6 Å². The van der Waals surface area contributed by atoms with Crippen LogP contribution >= 0.6 is 0 Å². The molecule has 0 fully saturated rings. The monoisotopic (exact) mass is 529 g/mol. The summed E-state index contributed by atoms with van der Waals surface area (Å²) >= 11 is 0. The van der Waals surface area contributed by atoms with Crippen LogP contribution in [-0.4, -0.2) is 30.5 Å². The lowest BCUT2D eigenvalue weighted by atomic mass is 10.0. The molecule has 0 aliphatic carbocycles. The van der Waals surface area contributed by atoms with Crippen LogP contribution in [0.5, 0.6) is 5.75 Å². The topological polar surface area (TPSA) is 90.3 Å². The molecule has 1 aromatic heterocycles. The van der Waals surface area contributed by atoms with Gasteiger partial charge in [0.1, 0.15) is 11.4 Å². The quantitative estimate of drug-likeness (QED) is 0.354. The standard InChI is InChI=1S/C26H22F3N3O4S/c1-17-9-8-10-18(2)21(17)16-32-23(25(33)31-37(34,35)19-11-4-3-5-12-19)15-22(30-32)20-13-6-7-14-24(20)36-26(27,28)29/h3-15H,16H2,1-2H3,(H,31,33). The summed E-state index contributed by atoms with van der Waals surface area (Å²) < 4.78 is 72.0. The maximum Gasteiger partial charge on any atom is 0.573 e. The number of nitrogens with zero attached hydrogens (tertiary/aromatic N) is 2. The van der Waals surface area contributed by atoms with Gasteiger partial charge >= 0.3 is 6.36 Å². The van der Waals surface area contributed by atoms with Crippen molar-refractivity contribution in [3.05, 3.63) is 101 Å². The normalized spacial score (nSPS) is 11.8. The van der Waals surface area contributed by atoms with Crippen molar-refractivity contribution in [1.29, 1.82) is 0 Å². The second kappa shape index (κ2) is 10.1. The number of halogens is 3. The van der Waals surface area contributed by atoms with E-state index in [0.29, 0.717) is 0 Å². The molecule has 0 radical (unpaired) electrons. The lowest BCUT2D eigenvalue weighted by Crippen LogP contribution is -2.32. The van der Waals surface area contributed by atoms with Crippen molar-refractivity contribution in [2.75, 3.05) is 0 Å². The van der Waals surface area contributed by atoms with Crippen molar-refractivity contribution in [3.8, 4) is 17.0 Å². The Morgan fingerprint density at radius 3 is 2.22 bits per heavy atom. The number of para-hydroxylation sites is 1. The Bertz CT molecular complexity index is 1530. The number of hydrogen-bond acceptors (Lipinski definition) is 5. The van der Waals surface area contributed by atoms with Crippen LogP contribution in [0.1, 0.15) is 27.2 Å². The van der Waals surface area contributed by atoms with E-state index in [9.17, 15) is 26.4 Å². The van der Waals surface area contributed by atoms with Crippen molar-refractivity contribution in [2.45, 2.75) is 31.7 Å². The van der Waals surface area contributed by atoms with Crippen molar-refractivity contribution >= 4 is 15.9 Å². The van der Waals surface area contributed by atoms with Gasteiger partial charge in [0.15, 0.2) is 0 Å². The average molecular weight is 530 g/mol. The largest absolute Gasteiger partial charge is 0.573 e. The second-order valence-corrected chi connectivity index (χ2v) is 9.92. The van der Waals surface area contributed by atoms with Gasteiger partial charge in [0, 0.05) is 5.56 Å². The first-order valence-corrected chi connectivity index (χ1v) is 12.5. The molecule has 1 amide bonds. The van der Waals surface area contributed by atoms with Gasteiger partial charge in [0.25, 0.3) is 15.9 Å². The Labute approximate surface area is 211 Å². The van der Waals surface area contributed by atoms with E-state index >= 15 is 0 Å². The number of hydrogen-bond donors (Lipinski definition) is 1. The fourth-order valence-corrected chi connectivity index (χ4v) is 4.81. The van der Waals surface area contributed by atoms with E-state index in [1.807, 2.05) is 36.8 Å². The molecule has 0 spiro atoms. The smallest absolute Gasteiger partial charge is 0.405 e. The molecular weight excluding hydrogens is 507 g/mol. The predicted octanol–water partition coefficient (Wildman–Crippen LogP) is 5.23. The van der Waals surface area contributed by atoms with E-state index in [0.717, 1.165) is 22.8 Å². The Kier molecular flexibility index (Phi) is 7.08.